The predicted octanol–water partition coefficient (Wildman–Crippen LogP) is 14.1. The van der Waals surface area contributed by atoms with Crippen LogP contribution in [0.5, 0.6) is 0 Å². The number of ether oxygens (including phenoxy) is 2. The Kier molecular flexibility index (Phi) is 45.8. The molecule has 7 unspecified atom stereocenters. The highest BCUT2D eigenvalue weighted by atomic mass is 32.3. The van der Waals surface area contributed by atoms with Crippen LogP contribution in [0.4, 0.5) is 0 Å². The fraction of sp³-hybridized carbons (Fsp3) is 0.982. The molecule has 13 heteroatoms. The van der Waals surface area contributed by atoms with E-state index in [0.717, 1.165) is 51.4 Å². The molecule has 1 aliphatic heterocycles. The summed E-state index contributed by atoms with van der Waals surface area (Å²) in [5, 5.41) is 45.0. The van der Waals surface area contributed by atoms with Gasteiger partial charge in [0.15, 0.2) is 6.29 Å². The van der Waals surface area contributed by atoms with E-state index >= 15 is 0 Å². The van der Waals surface area contributed by atoms with Crippen LogP contribution in [0, 0.1) is 0 Å². The Labute approximate surface area is 430 Å². The van der Waals surface area contributed by atoms with Gasteiger partial charge < -0.3 is 35.2 Å². The van der Waals surface area contributed by atoms with E-state index in [0.29, 0.717) is 12.8 Å². The molecule has 1 rings (SSSR count). The molecule has 1 aliphatic rings. The molecular weight excluding hydrogens is 907 g/mol. The highest BCUT2D eigenvalue weighted by Gasteiger charge is 2.48. The smallest absolute Gasteiger partial charge is 0.394 e. The second-order valence-corrected chi connectivity index (χ2v) is 22.4. The molecule has 70 heavy (non-hydrogen) atoms. The van der Waals surface area contributed by atoms with Crippen molar-refractivity contribution in [2.75, 3.05) is 13.2 Å². The van der Waals surface area contributed by atoms with Crippen molar-refractivity contribution in [3.05, 3.63) is 0 Å². The van der Waals surface area contributed by atoms with Crippen LogP contribution in [0.2, 0.25) is 0 Å². The van der Waals surface area contributed by atoms with Gasteiger partial charge in [0.05, 0.1) is 25.4 Å². The first kappa shape index (κ1) is 67.1. The van der Waals surface area contributed by atoms with Crippen molar-refractivity contribution in [3.8, 4) is 0 Å². The molecule has 0 saturated carbocycles. The van der Waals surface area contributed by atoms with Crippen molar-refractivity contribution >= 4 is 16.3 Å². The molecule has 418 valence electrons. The van der Waals surface area contributed by atoms with Gasteiger partial charge in [0.1, 0.15) is 24.4 Å². The lowest BCUT2D eigenvalue weighted by Gasteiger charge is -2.41. The van der Waals surface area contributed by atoms with Gasteiger partial charge in [-0.3, -0.25) is 9.35 Å². The van der Waals surface area contributed by atoms with Crippen molar-refractivity contribution in [1.82, 2.24) is 5.32 Å². The van der Waals surface area contributed by atoms with Gasteiger partial charge in [-0.25, -0.2) is 4.18 Å². The maximum absolute atomic E-state index is 13.1. The number of carbonyl (C=O) groups excluding carboxylic acids is 1. The monoisotopic (exact) mass is 1020 g/mol. The minimum absolute atomic E-state index is 0.223. The molecule has 0 spiro atoms. The number of rotatable bonds is 53. The Morgan fingerprint density at radius 2 is 0.829 bits per heavy atom. The van der Waals surface area contributed by atoms with Crippen LogP contribution in [0.25, 0.3) is 0 Å². The quantitative estimate of drug-likeness (QED) is 0.0251. The average molecular weight is 1020 g/mol. The molecule has 0 aromatic heterocycles. The molecule has 7 atom stereocenters. The fourth-order valence-electron chi connectivity index (χ4n) is 10.1. The van der Waals surface area contributed by atoms with Crippen molar-refractivity contribution in [2.24, 2.45) is 0 Å². The first-order valence-corrected chi connectivity index (χ1v) is 31.3. The Balaban J connectivity index is 2.20. The third-order valence-electron chi connectivity index (χ3n) is 14.7. The molecule has 0 aromatic rings. The number of nitrogens with one attached hydrogen (secondary N) is 1. The summed E-state index contributed by atoms with van der Waals surface area (Å²) in [6.07, 6.45) is 47.1. The highest BCUT2D eigenvalue weighted by molar-refractivity contribution is 7.80. The van der Waals surface area contributed by atoms with E-state index in [2.05, 4.69) is 23.3 Å². The zero-order valence-corrected chi connectivity index (χ0v) is 46.2. The lowest BCUT2D eigenvalue weighted by Crippen LogP contribution is -2.61. The lowest BCUT2D eigenvalue weighted by molar-refractivity contribution is -0.298. The summed E-state index contributed by atoms with van der Waals surface area (Å²) in [6, 6.07) is -0.852. The van der Waals surface area contributed by atoms with Gasteiger partial charge in [0.2, 0.25) is 5.91 Å². The zero-order valence-electron chi connectivity index (χ0n) is 45.4. The van der Waals surface area contributed by atoms with Gasteiger partial charge in [-0.15, -0.1) is 0 Å². The number of carbonyl (C=O) groups is 1. The lowest BCUT2D eigenvalue weighted by atomic mass is 9.99. The van der Waals surface area contributed by atoms with Crippen molar-refractivity contribution in [3.63, 3.8) is 0 Å². The van der Waals surface area contributed by atoms with Gasteiger partial charge >= 0.3 is 10.4 Å². The number of hydrogen-bond acceptors (Lipinski definition) is 10. The molecule has 1 fully saturated rings. The molecular formula is C57H113NO11S. The SMILES string of the molecule is CCCCCCCCCCCCCCCCCCCCCCCCCCCCCCCCCC(=O)NC(COC1OC(CO)C(O)C(OS(=O)(=O)O)C1O)C(O)CCCCCCCCCCCCCC. The largest absolute Gasteiger partial charge is 0.397 e. The molecule has 1 amide bonds. The molecule has 12 nitrogen and oxygen atoms in total. The first-order chi connectivity index (χ1) is 34.0. The molecule has 6 N–H and O–H groups in total. The molecule has 1 heterocycles. The normalized spacial score (nSPS) is 19.4. The average Bonchev–Trinajstić information content (AvgIpc) is 3.33. The van der Waals surface area contributed by atoms with E-state index in [-0.39, 0.29) is 12.5 Å². The van der Waals surface area contributed by atoms with Crippen LogP contribution in [-0.2, 0) is 28.9 Å². The van der Waals surface area contributed by atoms with Crippen LogP contribution in [0.15, 0.2) is 0 Å². The molecule has 0 aromatic carbocycles. The minimum atomic E-state index is -5.08. The summed E-state index contributed by atoms with van der Waals surface area (Å²) in [5.41, 5.74) is 0. The van der Waals surface area contributed by atoms with Crippen LogP contribution >= 0.6 is 0 Å². The van der Waals surface area contributed by atoms with Gasteiger partial charge in [0, 0.05) is 6.42 Å². The van der Waals surface area contributed by atoms with Crippen LogP contribution in [-0.4, -0.2) is 95.4 Å². The Bertz CT molecular complexity index is 1240. The molecule has 0 radical (unpaired) electrons. The number of unbranched alkanes of at least 4 members (excludes halogenated alkanes) is 41. The minimum Gasteiger partial charge on any atom is -0.394 e. The Morgan fingerprint density at radius 3 is 1.14 bits per heavy atom. The third kappa shape index (κ3) is 39.5. The zero-order chi connectivity index (χ0) is 51.2. The van der Waals surface area contributed by atoms with Crippen LogP contribution in [0.1, 0.15) is 303 Å². The molecule has 1 saturated heterocycles. The van der Waals surface area contributed by atoms with E-state index in [4.69, 9.17) is 9.47 Å². The third-order valence-corrected chi connectivity index (χ3v) is 15.1. The second kappa shape index (κ2) is 47.8. The van der Waals surface area contributed by atoms with E-state index in [1.165, 1.54) is 225 Å². The van der Waals surface area contributed by atoms with Crippen molar-refractivity contribution in [1.29, 1.82) is 0 Å². The molecule has 0 bridgehead atoms. The molecule has 0 aliphatic carbocycles. The summed E-state index contributed by atoms with van der Waals surface area (Å²) < 4.78 is 47.8. The van der Waals surface area contributed by atoms with E-state index in [9.17, 15) is 38.2 Å². The van der Waals surface area contributed by atoms with Gasteiger partial charge in [-0.2, -0.15) is 8.42 Å². The topological polar surface area (TPSA) is 192 Å². The maximum Gasteiger partial charge on any atom is 0.397 e. The maximum atomic E-state index is 13.1. The summed E-state index contributed by atoms with van der Waals surface area (Å²) in [4.78, 5) is 13.1. The highest BCUT2D eigenvalue weighted by Crippen LogP contribution is 2.26. The summed E-state index contributed by atoms with van der Waals surface area (Å²) in [6.45, 7) is 3.48. The Morgan fingerprint density at radius 1 is 0.514 bits per heavy atom. The summed E-state index contributed by atoms with van der Waals surface area (Å²) in [7, 11) is -5.08. The van der Waals surface area contributed by atoms with E-state index in [1.807, 2.05) is 0 Å². The van der Waals surface area contributed by atoms with Gasteiger partial charge in [-0.1, -0.05) is 284 Å². The fourth-order valence-corrected chi connectivity index (χ4v) is 10.6. The van der Waals surface area contributed by atoms with Crippen LogP contribution < -0.4 is 5.32 Å². The number of aliphatic hydroxyl groups excluding tert-OH is 4. The standard InChI is InChI=1S/C57H113NO11S/c1-3-5-7-9-11-13-15-17-18-19-20-21-22-23-24-25-26-27-28-29-30-31-32-33-34-35-37-39-41-43-45-47-53(61)58-50(51(60)46-44-42-40-38-36-16-14-12-10-8-6-4-2)49-67-57-55(63)56(69-70(64,65)66)54(62)52(48-59)68-57/h50-52,54-57,59-60,62-63H,3-49H2,1-2H3,(H,58,61)(H,64,65,66). The first-order valence-electron chi connectivity index (χ1n) is 29.9. The van der Waals surface area contributed by atoms with Crippen molar-refractivity contribution < 1.29 is 51.8 Å². The van der Waals surface area contributed by atoms with Gasteiger partial charge in [0.25, 0.3) is 0 Å². The van der Waals surface area contributed by atoms with Gasteiger partial charge in [-0.05, 0) is 12.8 Å². The number of aliphatic hydroxyl groups is 4. The number of hydrogen-bond donors (Lipinski definition) is 6. The summed E-state index contributed by atoms with van der Waals surface area (Å²) >= 11 is 0. The van der Waals surface area contributed by atoms with Crippen molar-refractivity contribution in [2.45, 2.75) is 346 Å². The Hall–Kier alpha value is -0.900. The van der Waals surface area contributed by atoms with Crippen LogP contribution in [0.3, 0.4) is 0 Å². The van der Waals surface area contributed by atoms with E-state index < -0.39 is 59.9 Å². The van der Waals surface area contributed by atoms with E-state index in [1.54, 1.807) is 0 Å². The number of amides is 1. The predicted molar refractivity (Wildman–Crippen MR) is 287 cm³/mol. The summed E-state index contributed by atoms with van der Waals surface area (Å²) in [5.74, 6) is -0.223. The second-order valence-electron chi connectivity index (χ2n) is 21.3.